The smallest absolute Gasteiger partial charge is 0.417 e. The number of hydrogen-bond acceptors (Lipinski definition) is 4. The molecule has 1 fully saturated rings. The number of nitrogens with zero attached hydrogens (tertiary/aromatic N) is 1. The number of carbonyl (C=O) groups excluding carboxylic acids is 1. The maximum Gasteiger partial charge on any atom is 0.417 e. The normalized spacial score (nSPS) is 16.2. The van der Waals surface area contributed by atoms with Crippen LogP contribution in [0.3, 0.4) is 0 Å². The van der Waals surface area contributed by atoms with Crippen LogP contribution in [0.15, 0.2) is 71.6 Å². The average Bonchev–Trinajstić information content (AvgIpc) is 2.79. The molecule has 0 saturated carbocycles. The molecule has 4 rings (SSSR count). The van der Waals surface area contributed by atoms with E-state index in [2.05, 4.69) is 0 Å². The van der Waals surface area contributed by atoms with E-state index < -0.39 is 38.5 Å². The quantitative estimate of drug-likeness (QED) is 0.409. The van der Waals surface area contributed by atoms with E-state index in [4.69, 9.17) is 4.74 Å². The van der Waals surface area contributed by atoms with Crippen LogP contribution in [0.25, 0.3) is 10.8 Å². The summed E-state index contributed by atoms with van der Waals surface area (Å²) < 4.78 is 72.2. The second-order valence-corrected chi connectivity index (χ2v) is 9.48. The summed E-state index contributed by atoms with van der Waals surface area (Å²) in [6.45, 7) is -0.131. The van der Waals surface area contributed by atoms with Crippen LogP contribution < -0.4 is 4.74 Å². The van der Waals surface area contributed by atoms with Crippen molar-refractivity contribution < 1.29 is 31.1 Å². The van der Waals surface area contributed by atoms with Crippen LogP contribution in [0.4, 0.5) is 13.2 Å². The van der Waals surface area contributed by atoms with Gasteiger partial charge < -0.3 is 4.74 Å². The van der Waals surface area contributed by atoms with Gasteiger partial charge in [-0.2, -0.15) is 17.5 Å². The number of rotatable bonds is 4. The minimum atomic E-state index is -4.79. The summed E-state index contributed by atoms with van der Waals surface area (Å²) >= 11 is 0. The van der Waals surface area contributed by atoms with Gasteiger partial charge in [0.2, 0.25) is 10.0 Å². The summed E-state index contributed by atoms with van der Waals surface area (Å²) in [6.07, 6.45) is -4.46. The Morgan fingerprint density at radius 3 is 2.25 bits per heavy atom. The first-order chi connectivity index (χ1) is 15.2. The Hall–Kier alpha value is -2.91. The number of alkyl halides is 3. The van der Waals surface area contributed by atoms with Crippen molar-refractivity contribution in [2.45, 2.75) is 23.9 Å². The van der Waals surface area contributed by atoms with E-state index in [1.807, 2.05) is 30.3 Å². The average molecular weight is 463 g/mol. The van der Waals surface area contributed by atoms with Crippen molar-refractivity contribution in [3.8, 4) is 5.75 Å². The molecule has 1 aliphatic rings. The molecule has 0 N–H and O–H groups in total. The van der Waals surface area contributed by atoms with Crippen molar-refractivity contribution in [1.82, 2.24) is 4.31 Å². The zero-order valence-corrected chi connectivity index (χ0v) is 17.7. The monoisotopic (exact) mass is 463 g/mol. The zero-order chi connectivity index (χ0) is 22.9. The van der Waals surface area contributed by atoms with Gasteiger partial charge >= 0.3 is 12.1 Å². The topological polar surface area (TPSA) is 63.7 Å². The highest BCUT2D eigenvalue weighted by atomic mass is 32.2. The summed E-state index contributed by atoms with van der Waals surface area (Å²) in [4.78, 5) is 11.9. The molecule has 0 amide bonds. The molecule has 0 unspecified atom stereocenters. The number of piperidine rings is 1. The minimum Gasteiger partial charge on any atom is -0.426 e. The van der Waals surface area contributed by atoms with E-state index in [1.54, 1.807) is 12.1 Å². The van der Waals surface area contributed by atoms with Crippen LogP contribution >= 0.6 is 0 Å². The number of fused-ring (bicyclic) bond motifs is 1. The molecule has 1 saturated heterocycles. The van der Waals surface area contributed by atoms with E-state index in [0.717, 1.165) is 33.3 Å². The van der Waals surface area contributed by atoms with Crippen LogP contribution in [-0.4, -0.2) is 31.8 Å². The third kappa shape index (κ3) is 4.35. The van der Waals surface area contributed by atoms with Crippen molar-refractivity contribution in [3.05, 3.63) is 72.3 Å². The number of sulfonamides is 1. The van der Waals surface area contributed by atoms with Gasteiger partial charge in [-0.1, -0.05) is 48.5 Å². The Kier molecular flexibility index (Phi) is 5.96. The maximum absolute atomic E-state index is 13.3. The lowest BCUT2D eigenvalue weighted by Gasteiger charge is -2.30. The van der Waals surface area contributed by atoms with Gasteiger partial charge in [0.05, 0.1) is 16.4 Å². The van der Waals surface area contributed by atoms with Crippen molar-refractivity contribution in [2.75, 3.05) is 13.1 Å². The zero-order valence-electron chi connectivity index (χ0n) is 16.9. The van der Waals surface area contributed by atoms with Crippen LogP contribution in [0.5, 0.6) is 5.75 Å². The molecule has 1 heterocycles. The number of esters is 1. The third-order valence-corrected chi connectivity index (χ3v) is 7.51. The summed E-state index contributed by atoms with van der Waals surface area (Å²) in [7, 11) is -4.35. The Bertz CT molecular complexity index is 1240. The van der Waals surface area contributed by atoms with Gasteiger partial charge in [0.1, 0.15) is 5.75 Å². The fourth-order valence-corrected chi connectivity index (χ4v) is 5.56. The van der Waals surface area contributed by atoms with Gasteiger partial charge in [-0.15, -0.1) is 0 Å². The molecule has 5 nitrogen and oxygen atoms in total. The van der Waals surface area contributed by atoms with E-state index >= 15 is 0 Å². The van der Waals surface area contributed by atoms with Crippen molar-refractivity contribution in [2.24, 2.45) is 5.92 Å². The lowest BCUT2D eigenvalue weighted by Crippen LogP contribution is -2.41. The molecule has 168 valence electrons. The molecule has 32 heavy (non-hydrogen) atoms. The largest absolute Gasteiger partial charge is 0.426 e. The lowest BCUT2D eigenvalue weighted by atomic mass is 9.98. The van der Waals surface area contributed by atoms with E-state index in [0.29, 0.717) is 5.75 Å². The number of hydrogen-bond donors (Lipinski definition) is 0. The summed E-state index contributed by atoms with van der Waals surface area (Å²) in [6, 6.07) is 16.9. The van der Waals surface area contributed by atoms with Gasteiger partial charge in [-0.3, -0.25) is 4.79 Å². The second-order valence-electron chi connectivity index (χ2n) is 7.57. The fourth-order valence-electron chi connectivity index (χ4n) is 3.87. The summed E-state index contributed by atoms with van der Waals surface area (Å²) in [5.41, 5.74) is -1.20. The van der Waals surface area contributed by atoms with E-state index in [-0.39, 0.29) is 25.9 Å². The number of benzene rings is 3. The second kappa shape index (κ2) is 8.55. The highest BCUT2D eigenvalue weighted by Gasteiger charge is 2.40. The standard InChI is InChI=1S/C23H20F3NO4S/c24-23(25,26)19-9-3-4-11-21(19)32(29,30)27-14-12-17(13-15-27)22(28)31-20-10-5-7-16-6-1-2-8-18(16)20/h1-11,17H,12-15H2. The number of carbonyl (C=O) groups is 1. The molecule has 0 bridgehead atoms. The van der Waals surface area contributed by atoms with Gasteiger partial charge in [0, 0.05) is 18.5 Å². The molecule has 0 aromatic heterocycles. The first kappa shape index (κ1) is 22.3. The van der Waals surface area contributed by atoms with Crippen LogP contribution in [0, 0.1) is 5.92 Å². The first-order valence-corrected chi connectivity index (χ1v) is 11.5. The summed E-state index contributed by atoms with van der Waals surface area (Å²) in [5, 5.41) is 1.70. The molecule has 3 aromatic rings. The Labute approximate surface area is 183 Å². The van der Waals surface area contributed by atoms with Crippen molar-refractivity contribution >= 4 is 26.8 Å². The number of halogens is 3. The fraction of sp³-hybridized carbons (Fsp3) is 0.261. The third-order valence-electron chi connectivity index (χ3n) is 5.56. The predicted molar refractivity (Wildman–Crippen MR) is 113 cm³/mol. The lowest BCUT2D eigenvalue weighted by molar-refractivity contribution is -0.140. The minimum absolute atomic E-state index is 0.0656. The highest BCUT2D eigenvalue weighted by Crippen LogP contribution is 2.36. The van der Waals surface area contributed by atoms with E-state index in [9.17, 15) is 26.4 Å². The van der Waals surface area contributed by atoms with Gasteiger partial charge in [-0.05, 0) is 36.4 Å². The predicted octanol–water partition coefficient (Wildman–Crippen LogP) is 4.86. The molecule has 0 radical (unpaired) electrons. The molecular formula is C23H20F3NO4S. The maximum atomic E-state index is 13.3. The van der Waals surface area contributed by atoms with E-state index in [1.165, 1.54) is 6.07 Å². The highest BCUT2D eigenvalue weighted by molar-refractivity contribution is 7.89. The van der Waals surface area contributed by atoms with Crippen molar-refractivity contribution in [3.63, 3.8) is 0 Å². The molecule has 3 aromatic carbocycles. The Morgan fingerprint density at radius 1 is 0.906 bits per heavy atom. The molecule has 0 aliphatic carbocycles. The SMILES string of the molecule is O=C(Oc1cccc2ccccc12)C1CCN(S(=O)(=O)c2ccccc2C(F)(F)F)CC1. The van der Waals surface area contributed by atoms with Crippen LogP contribution in [-0.2, 0) is 21.0 Å². The molecule has 1 aliphatic heterocycles. The Balaban J connectivity index is 1.47. The summed E-state index contributed by atoms with van der Waals surface area (Å²) in [5.74, 6) is -0.602. The number of ether oxygens (including phenoxy) is 1. The van der Waals surface area contributed by atoms with Crippen LogP contribution in [0.2, 0.25) is 0 Å². The van der Waals surface area contributed by atoms with Gasteiger partial charge in [0.15, 0.2) is 0 Å². The Morgan fingerprint density at radius 2 is 1.53 bits per heavy atom. The molecule has 0 atom stereocenters. The molecular weight excluding hydrogens is 443 g/mol. The van der Waals surface area contributed by atoms with Crippen molar-refractivity contribution in [1.29, 1.82) is 0 Å². The molecule has 0 spiro atoms. The van der Waals surface area contributed by atoms with Crippen LogP contribution in [0.1, 0.15) is 18.4 Å². The molecule has 9 heteroatoms. The van der Waals surface area contributed by atoms with Gasteiger partial charge in [-0.25, -0.2) is 8.42 Å². The first-order valence-electron chi connectivity index (χ1n) is 10.0. The van der Waals surface area contributed by atoms with Gasteiger partial charge in [0.25, 0.3) is 0 Å².